The van der Waals surface area contributed by atoms with Gasteiger partial charge in [0.15, 0.2) is 5.96 Å². The zero-order valence-electron chi connectivity index (χ0n) is 14.8. The fourth-order valence-electron chi connectivity index (χ4n) is 2.75. The number of nitrogens with zero attached hydrogens (tertiary/aromatic N) is 2. The number of guanidine groups is 1. The lowest BCUT2D eigenvalue weighted by atomic mass is 10.1. The van der Waals surface area contributed by atoms with Crippen LogP contribution in [-0.4, -0.2) is 49.5 Å². The first-order valence-corrected chi connectivity index (χ1v) is 8.74. The van der Waals surface area contributed by atoms with Crippen LogP contribution < -0.4 is 10.6 Å². The summed E-state index contributed by atoms with van der Waals surface area (Å²) in [6, 6.07) is 6.76. The third kappa shape index (κ3) is 7.58. The van der Waals surface area contributed by atoms with Gasteiger partial charge in [-0.2, -0.15) is 0 Å². The van der Waals surface area contributed by atoms with Gasteiger partial charge >= 0.3 is 0 Å². The molecule has 1 aromatic carbocycles. The Balaban J connectivity index is 0.00000312. The second kappa shape index (κ2) is 12.1. The van der Waals surface area contributed by atoms with Crippen molar-refractivity contribution in [3.63, 3.8) is 0 Å². The lowest BCUT2D eigenvalue weighted by molar-refractivity contribution is -0.130. The maximum Gasteiger partial charge on any atom is 0.244 e. The predicted molar refractivity (Wildman–Crippen MR) is 110 cm³/mol. The summed E-state index contributed by atoms with van der Waals surface area (Å²) in [6.45, 7) is 5.07. The molecule has 2 rings (SSSR count). The Labute approximate surface area is 166 Å². The largest absolute Gasteiger partial charge is 0.357 e. The van der Waals surface area contributed by atoms with Gasteiger partial charge in [-0.3, -0.25) is 4.79 Å². The summed E-state index contributed by atoms with van der Waals surface area (Å²) in [7, 11) is 0. The molecule has 0 atom stereocenters. The number of benzene rings is 1. The number of aliphatic imine (C=N–C) groups is 1. The van der Waals surface area contributed by atoms with Gasteiger partial charge in [-0.1, -0.05) is 18.2 Å². The van der Waals surface area contributed by atoms with E-state index >= 15 is 0 Å². The van der Waals surface area contributed by atoms with Crippen molar-refractivity contribution in [2.24, 2.45) is 4.99 Å². The normalized spacial score (nSPS) is 14.6. The average Bonchev–Trinajstić information content (AvgIpc) is 2.61. The number of piperidine rings is 1. The summed E-state index contributed by atoms with van der Waals surface area (Å²) in [5, 5.41) is 6.27. The van der Waals surface area contributed by atoms with Crippen molar-refractivity contribution in [3.8, 4) is 0 Å². The Morgan fingerprint density at radius 1 is 1.20 bits per heavy atom. The van der Waals surface area contributed by atoms with Gasteiger partial charge in [0.2, 0.25) is 5.91 Å². The summed E-state index contributed by atoms with van der Waals surface area (Å²) in [5.41, 5.74) is 0.672. The molecule has 140 valence electrons. The van der Waals surface area contributed by atoms with Crippen molar-refractivity contribution in [2.75, 3.05) is 32.7 Å². The van der Waals surface area contributed by atoms with Crippen molar-refractivity contribution >= 4 is 35.8 Å². The molecule has 0 saturated carbocycles. The third-order valence-corrected chi connectivity index (χ3v) is 4.07. The first kappa shape index (κ1) is 21.7. The van der Waals surface area contributed by atoms with Crippen LogP contribution in [0.25, 0.3) is 0 Å². The van der Waals surface area contributed by atoms with Crippen LogP contribution in [0.3, 0.4) is 0 Å². The first-order chi connectivity index (χ1) is 11.7. The number of carbonyl (C=O) groups is 1. The second-order valence-corrected chi connectivity index (χ2v) is 5.90. The molecule has 1 fully saturated rings. The highest BCUT2D eigenvalue weighted by Gasteiger charge is 2.15. The van der Waals surface area contributed by atoms with Crippen molar-refractivity contribution < 1.29 is 9.18 Å². The van der Waals surface area contributed by atoms with Crippen molar-refractivity contribution in [2.45, 2.75) is 32.6 Å². The molecule has 1 heterocycles. The summed E-state index contributed by atoms with van der Waals surface area (Å²) in [4.78, 5) is 18.4. The smallest absolute Gasteiger partial charge is 0.244 e. The van der Waals surface area contributed by atoms with Gasteiger partial charge in [-0.15, -0.1) is 24.0 Å². The number of amides is 1. The van der Waals surface area contributed by atoms with Crippen molar-refractivity contribution in [1.82, 2.24) is 15.5 Å². The van der Waals surface area contributed by atoms with E-state index in [-0.39, 0.29) is 42.2 Å². The molecule has 1 aromatic rings. The van der Waals surface area contributed by atoms with Gasteiger partial charge in [0.1, 0.15) is 12.4 Å². The zero-order valence-corrected chi connectivity index (χ0v) is 17.1. The molecule has 5 nitrogen and oxygen atoms in total. The maximum absolute atomic E-state index is 13.6. The highest BCUT2D eigenvalue weighted by molar-refractivity contribution is 14.0. The Bertz CT molecular complexity index is 562. The number of halogens is 2. The summed E-state index contributed by atoms with van der Waals surface area (Å²) in [5.74, 6) is 0.474. The molecule has 1 aliphatic heterocycles. The summed E-state index contributed by atoms with van der Waals surface area (Å²) < 4.78 is 13.6. The van der Waals surface area contributed by atoms with E-state index in [1.807, 2.05) is 17.9 Å². The minimum atomic E-state index is -0.193. The number of likely N-dealkylation sites (tertiary alicyclic amines) is 1. The Hall–Kier alpha value is -1.38. The molecule has 0 radical (unpaired) electrons. The Morgan fingerprint density at radius 3 is 2.60 bits per heavy atom. The van der Waals surface area contributed by atoms with Crippen LogP contribution in [0.1, 0.15) is 31.7 Å². The van der Waals surface area contributed by atoms with Crippen LogP contribution in [-0.2, 0) is 11.2 Å². The first-order valence-electron chi connectivity index (χ1n) is 8.74. The molecule has 0 spiro atoms. The van der Waals surface area contributed by atoms with Crippen LogP contribution in [0.15, 0.2) is 29.3 Å². The molecular weight excluding hydrogens is 434 g/mol. The van der Waals surface area contributed by atoms with Crippen LogP contribution in [0.5, 0.6) is 0 Å². The number of nitrogens with one attached hydrogen (secondary N) is 2. The van der Waals surface area contributed by atoms with E-state index in [0.717, 1.165) is 25.9 Å². The van der Waals surface area contributed by atoms with E-state index in [9.17, 15) is 9.18 Å². The molecule has 1 amide bonds. The standard InChI is InChI=1S/C18H27FN4O.HI/c1-2-20-18(21-11-10-15-8-4-5-9-16(15)19)22-14-17(24)23-12-6-3-7-13-23;/h4-5,8-9H,2-3,6-7,10-14H2,1H3,(H2,20,21,22);1H. The third-order valence-electron chi connectivity index (χ3n) is 4.07. The molecule has 1 saturated heterocycles. The van der Waals surface area contributed by atoms with Gasteiger partial charge in [0, 0.05) is 26.2 Å². The van der Waals surface area contributed by atoms with Gasteiger partial charge < -0.3 is 15.5 Å². The zero-order chi connectivity index (χ0) is 17.2. The van der Waals surface area contributed by atoms with Gasteiger partial charge in [0.25, 0.3) is 0 Å². The molecule has 7 heteroatoms. The molecular formula is C18H28FIN4O. The lowest BCUT2D eigenvalue weighted by Gasteiger charge is -2.26. The van der Waals surface area contributed by atoms with Crippen LogP contribution >= 0.6 is 24.0 Å². The lowest BCUT2D eigenvalue weighted by Crippen LogP contribution is -2.41. The van der Waals surface area contributed by atoms with Gasteiger partial charge in [0.05, 0.1) is 0 Å². The molecule has 1 aliphatic rings. The van der Waals surface area contributed by atoms with E-state index in [4.69, 9.17) is 0 Å². The van der Waals surface area contributed by atoms with E-state index in [0.29, 0.717) is 31.0 Å². The summed E-state index contributed by atoms with van der Waals surface area (Å²) >= 11 is 0. The van der Waals surface area contributed by atoms with Crippen molar-refractivity contribution in [1.29, 1.82) is 0 Å². The number of rotatable bonds is 6. The number of hydrogen-bond donors (Lipinski definition) is 2. The minimum Gasteiger partial charge on any atom is -0.357 e. The molecule has 0 unspecified atom stereocenters. The number of carbonyl (C=O) groups excluding carboxylic acids is 1. The van der Waals surface area contributed by atoms with Crippen LogP contribution in [0.2, 0.25) is 0 Å². The minimum absolute atomic E-state index is 0. The quantitative estimate of drug-likeness (QED) is 0.388. The van der Waals surface area contributed by atoms with Crippen LogP contribution in [0.4, 0.5) is 4.39 Å². The highest BCUT2D eigenvalue weighted by atomic mass is 127. The second-order valence-electron chi connectivity index (χ2n) is 5.90. The van der Waals surface area contributed by atoms with E-state index in [1.54, 1.807) is 12.1 Å². The van der Waals surface area contributed by atoms with E-state index in [2.05, 4.69) is 15.6 Å². The topological polar surface area (TPSA) is 56.7 Å². The van der Waals surface area contributed by atoms with Gasteiger partial charge in [-0.25, -0.2) is 9.38 Å². The monoisotopic (exact) mass is 462 g/mol. The average molecular weight is 462 g/mol. The Kier molecular flexibility index (Phi) is 10.4. The summed E-state index contributed by atoms with van der Waals surface area (Å²) in [6.07, 6.45) is 3.93. The maximum atomic E-state index is 13.6. The fraction of sp³-hybridized carbons (Fsp3) is 0.556. The fourth-order valence-corrected chi connectivity index (χ4v) is 2.75. The van der Waals surface area contributed by atoms with E-state index < -0.39 is 0 Å². The molecule has 25 heavy (non-hydrogen) atoms. The molecule has 0 aliphatic carbocycles. The predicted octanol–water partition coefficient (Wildman–Crippen LogP) is 2.55. The van der Waals surface area contributed by atoms with Crippen molar-refractivity contribution in [3.05, 3.63) is 35.6 Å². The molecule has 2 N–H and O–H groups in total. The molecule has 0 bridgehead atoms. The van der Waals surface area contributed by atoms with Gasteiger partial charge in [-0.05, 0) is 44.2 Å². The Morgan fingerprint density at radius 2 is 1.92 bits per heavy atom. The van der Waals surface area contributed by atoms with Crippen LogP contribution in [0, 0.1) is 5.82 Å². The van der Waals surface area contributed by atoms with E-state index in [1.165, 1.54) is 12.5 Å². The number of hydrogen-bond acceptors (Lipinski definition) is 2. The SMILES string of the molecule is CCNC(=NCC(=O)N1CCCCC1)NCCc1ccccc1F.I. The highest BCUT2D eigenvalue weighted by Crippen LogP contribution is 2.08. The molecule has 0 aromatic heterocycles.